The molecule has 0 bridgehead atoms. The molecule has 0 fully saturated rings. The lowest BCUT2D eigenvalue weighted by Gasteiger charge is -2.14. The molecule has 2 N–H and O–H groups in total. The van der Waals surface area contributed by atoms with E-state index in [1.165, 1.54) is 6.07 Å². The van der Waals surface area contributed by atoms with E-state index in [0.29, 0.717) is 15.8 Å². The molecule has 1 atom stereocenters. The summed E-state index contributed by atoms with van der Waals surface area (Å²) in [7, 11) is 1.59. The first-order valence-electron chi connectivity index (χ1n) is 5.46. The van der Waals surface area contributed by atoms with Gasteiger partial charge in [-0.15, -0.1) is 0 Å². The van der Waals surface area contributed by atoms with E-state index in [1.54, 1.807) is 19.2 Å². The quantitative estimate of drug-likeness (QED) is 0.939. The van der Waals surface area contributed by atoms with Gasteiger partial charge < -0.3 is 10.5 Å². The van der Waals surface area contributed by atoms with Gasteiger partial charge in [-0.3, -0.25) is 0 Å². The van der Waals surface area contributed by atoms with Crippen LogP contribution in [0.25, 0.3) is 0 Å². The monoisotopic (exact) mass is 309 g/mol. The Morgan fingerprint density at radius 2 is 2.00 bits per heavy atom. The SMILES string of the molecule is COc1cccc(C(N)c2ccc(Br)cc2F)c1. The lowest BCUT2D eigenvalue weighted by Crippen LogP contribution is -2.13. The topological polar surface area (TPSA) is 35.2 Å². The van der Waals surface area contributed by atoms with Crippen molar-refractivity contribution in [3.8, 4) is 5.75 Å². The van der Waals surface area contributed by atoms with E-state index >= 15 is 0 Å². The number of rotatable bonds is 3. The van der Waals surface area contributed by atoms with Crippen molar-refractivity contribution in [1.82, 2.24) is 0 Å². The van der Waals surface area contributed by atoms with Crippen molar-refractivity contribution in [2.75, 3.05) is 7.11 Å². The highest BCUT2D eigenvalue weighted by atomic mass is 79.9. The molecular formula is C14H13BrFNO. The Labute approximate surface area is 114 Å². The van der Waals surface area contributed by atoms with Gasteiger partial charge in [0.1, 0.15) is 11.6 Å². The molecule has 0 aliphatic heterocycles. The Balaban J connectivity index is 2.37. The van der Waals surface area contributed by atoms with Crippen LogP contribution in [-0.4, -0.2) is 7.11 Å². The Morgan fingerprint density at radius 3 is 2.67 bits per heavy atom. The molecule has 0 saturated heterocycles. The molecule has 0 heterocycles. The van der Waals surface area contributed by atoms with E-state index < -0.39 is 6.04 Å². The smallest absolute Gasteiger partial charge is 0.129 e. The molecule has 4 heteroatoms. The third-order valence-corrected chi connectivity index (χ3v) is 3.24. The molecule has 2 nitrogen and oxygen atoms in total. The predicted molar refractivity (Wildman–Crippen MR) is 73.1 cm³/mol. The maximum absolute atomic E-state index is 13.8. The van der Waals surface area contributed by atoms with Crippen LogP contribution >= 0.6 is 15.9 Å². The largest absolute Gasteiger partial charge is 0.497 e. The predicted octanol–water partition coefficient (Wildman–Crippen LogP) is 3.64. The molecule has 0 amide bonds. The molecule has 0 aromatic heterocycles. The Hall–Kier alpha value is -1.39. The van der Waals surface area contributed by atoms with Crippen LogP contribution in [0, 0.1) is 5.82 Å². The van der Waals surface area contributed by atoms with Gasteiger partial charge >= 0.3 is 0 Å². The molecule has 0 radical (unpaired) electrons. The van der Waals surface area contributed by atoms with E-state index in [9.17, 15) is 4.39 Å². The third kappa shape index (κ3) is 2.71. The Morgan fingerprint density at radius 1 is 1.22 bits per heavy atom. The van der Waals surface area contributed by atoms with Crippen molar-refractivity contribution in [2.24, 2.45) is 5.73 Å². The van der Waals surface area contributed by atoms with Gasteiger partial charge in [0.15, 0.2) is 0 Å². The number of halogens is 2. The second kappa shape index (κ2) is 5.50. The summed E-state index contributed by atoms with van der Waals surface area (Å²) in [6, 6.07) is 11.7. The van der Waals surface area contributed by atoms with E-state index in [-0.39, 0.29) is 5.82 Å². The standard InChI is InChI=1S/C14H13BrFNO/c1-18-11-4-2-3-9(7-11)14(17)12-6-5-10(15)8-13(12)16/h2-8,14H,17H2,1H3. The maximum Gasteiger partial charge on any atom is 0.129 e. The normalized spacial score (nSPS) is 12.2. The molecule has 0 saturated carbocycles. The summed E-state index contributed by atoms with van der Waals surface area (Å²) in [4.78, 5) is 0. The fraction of sp³-hybridized carbons (Fsp3) is 0.143. The van der Waals surface area contributed by atoms with Crippen LogP contribution in [0.2, 0.25) is 0 Å². The van der Waals surface area contributed by atoms with Crippen molar-refractivity contribution in [3.05, 3.63) is 63.9 Å². The highest BCUT2D eigenvalue weighted by Crippen LogP contribution is 2.26. The fourth-order valence-electron chi connectivity index (χ4n) is 1.77. The van der Waals surface area contributed by atoms with E-state index in [1.807, 2.05) is 24.3 Å². The van der Waals surface area contributed by atoms with Gasteiger partial charge in [0.25, 0.3) is 0 Å². The molecule has 2 aromatic rings. The van der Waals surface area contributed by atoms with E-state index in [2.05, 4.69) is 15.9 Å². The second-order valence-electron chi connectivity index (χ2n) is 3.92. The average molecular weight is 310 g/mol. The summed E-state index contributed by atoms with van der Waals surface area (Å²) in [6.45, 7) is 0. The lowest BCUT2D eigenvalue weighted by atomic mass is 9.99. The van der Waals surface area contributed by atoms with Crippen LogP contribution in [0.1, 0.15) is 17.2 Å². The van der Waals surface area contributed by atoms with Crippen LogP contribution in [0.15, 0.2) is 46.9 Å². The lowest BCUT2D eigenvalue weighted by molar-refractivity contribution is 0.414. The van der Waals surface area contributed by atoms with Gasteiger partial charge in [-0.25, -0.2) is 4.39 Å². The summed E-state index contributed by atoms with van der Waals surface area (Å²) in [5.74, 6) is 0.389. The minimum atomic E-state index is -0.506. The highest BCUT2D eigenvalue weighted by Gasteiger charge is 2.14. The maximum atomic E-state index is 13.8. The Kier molecular flexibility index (Phi) is 3.99. The van der Waals surface area contributed by atoms with Gasteiger partial charge in [0.05, 0.1) is 13.2 Å². The fourth-order valence-corrected chi connectivity index (χ4v) is 2.10. The summed E-state index contributed by atoms with van der Waals surface area (Å²) >= 11 is 3.22. The van der Waals surface area contributed by atoms with Gasteiger partial charge in [-0.2, -0.15) is 0 Å². The molecular weight excluding hydrogens is 297 g/mol. The highest BCUT2D eigenvalue weighted by molar-refractivity contribution is 9.10. The molecule has 1 unspecified atom stereocenters. The van der Waals surface area contributed by atoms with Gasteiger partial charge in [-0.05, 0) is 29.8 Å². The zero-order valence-corrected chi connectivity index (χ0v) is 11.4. The zero-order chi connectivity index (χ0) is 13.1. The number of methoxy groups -OCH3 is 1. The number of ether oxygens (including phenoxy) is 1. The first-order chi connectivity index (χ1) is 8.61. The van der Waals surface area contributed by atoms with Crippen molar-refractivity contribution in [1.29, 1.82) is 0 Å². The summed E-state index contributed by atoms with van der Waals surface area (Å²) in [5.41, 5.74) is 7.36. The van der Waals surface area contributed by atoms with Gasteiger partial charge in [0.2, 0.25) is 0 Å². The number of hydrogen-bond acceptors (Lipinski definition) is 2. The molecule has 0 aliphatic rings. The Bertz CT molecular complexity index is 559. The molecule has 18 heavy (non-hydrogen) atoms. The van der Waals surface area contributed by atoms with Crippen LogP contribution < -0.4 is 10.5 Å². The summed E-state index contributed by atoms with van der Waals surface area (Å²) < 4.78 is 19.7. The van der Waals surface area contributed by atoms with Crippen LogP contribution in [0.4, 0.5) is 4.39 Å². The van der Waals surface area contributed by atoms with Crippen LogP contribution in [0.5, 0.6) is 5.75 Å². The van der Waals surface area contributed by atoms with Crippen LogP contribution in [0.3, 0.4) is 0 Å². The van der Waals surface area contributed by atoms with Gasteiger partial charge in [-0.1, -0.05) is 34.1 Å². The number of benzene rings is 2. The minimum Gasteiger partial charge on any atom is -0.497 e. The van der Waals surface area contributed by atoms with E-state index in [4.69, 9.17) is 10.5 Å². The molecule has 94 valence electrons. The molecule has 0 spiro atoms. The summed E-state index contributed by atoms with van der Waals surface area (Å²) in [6.07, 6.45) is 0. The first kappa shape index (κ1) is 13.1. The molecule has 2 rings (SSSR count). The number of hydrogen-bond donors (Lipinski definition) is 1. The minimum absolute atomic E-state index is 0.320. The average Bonchev–Trinajstić information content (AvgIpc) is 2.38. The van der Waals surface area contributed by atoms with Crippen molar-refractivity contribution >= 4 is 15.9 Å². The van der Waals surface area contributed by atoms with Crippen molar-refractivity contribution < 1.29 is 9.13 Å². The second-order valence-corrected chi connectivity index (χ2v) is 4.84. The van der Waals surface area contributed by atoms with Crippen LogP contribution in [-0.2, 0) is 0 Å². The zero-order valence-electron chi connectivity index (χ0n) is 9.86. The summed E-state index contributed by atoms with van der Waals surface area (Å²) in [5, 5.41) is 0. The van der Waals surface area contributed by atoms with Crippen molar-refractivity contribution in [2.45, 2.75) is 6.04 Å². The molecule has 0 aliphatic carbocycles. The van der Waals surface area contributed by atoms with Crippen molar-refractivity contribution in [3.63, 3.8) is 0 Å². The first-order valence-corrected chi connectivity index (χ1v) is 6.25. The molecule has 2 aromatic carbocycles. The van der Waals surface area contributed by atoms with E-state index in [0.717, 1.165) is 5.56 Å². The van der Waals surface area contributed by atoms with Gasteiger partial charge in [0, 0.05) is 10.0 Å². The number of nitrogens with two attached hydrogens (primary N) is 1. The third-order valence-electron chi connectivity index (χ3n) is 2.75.